The van der Waals surface area contributed by atoms with Gasteiger partial charge in [0.25, 0.3) is 0 Å². The monoisotopic (exact) mass is 351 g/mol. The molecule has 6 heteroatoms. The molecule has 0 saturated heterocycles. The number of phenols is 1. The lowest BCUT2D eigenvalue weighted by atomic mass is 10.1. The normalized spacial score (nSPS) is 14.8. The maximum Gasteiger partial charge on any atom is 0.139 e. The number of phenolic OH excluding ortho intramolecular Hbond substituents is 1. The molecule has 1 aliphatic rings. The maximum absolute atomic E-state index is 10.5. The summed E-state index contributed by atoms with van der Waals surface area (Å²) >= 11 is 1.49. The first-order chi connectivity index (χ1) is 12.0. The third kappa shape index (κ3) is 2.37. The number of aliphatic hydroxyl groups is 1. The molecule has 2 aromatic carbocycles. The van der Waals surface area contributed by atoms with Gasteiger partial charge >= 0.3 is 0 Å². The Morgan fingerprint density at radius 3 is 2.52 bits per heavy atom. The van der Waals surface area contributed by atoms with Gasteiger partial charge in [-0.3, -0.25) is 5.41 Å². The summed E-state index contributed by atoms with van der Waals surface area (Å²) in [6, 6.07) is 10.9. The van der Waals surface area contributed by atoms with Crippen LogP contribution in [0.4, 0.5) is 5.69 Å². The molecule has 0 atom stereocenters. The second kappa shape index (κ2) is 5.60. The average molecular weight is 351 g/mol. The van der Waals surface area contributed by atoms with Crippen molar-refractivity contribution in [2.45, 2.75) is 13.8 Å². The number of thiazole rings is 1. The molecule has 1 aliphatic heterocycles. The highest BCUT2D eigenvalue weighted by Crippen LogP contribution is 2.38. The second-order valence-electron chi connectivity index (χ2n) is 6.07. The maximum atomic E-state index is 10.5. The van der Waals surface area contributed by atoms with Crippen LogP contribution in [0, 0.1) is 19.3 Å². The van der Waals surface area contributed by atoms with Gasteiger partial charge in [0.05, 0.1) is 23.5 Å². The van der Waals surface area contributed by atoms with E-state index in [1.807, 2.05) is 38.1 Å². The summed E-state index contributed by atoms with van der Waals surface area (Å²) in [6.07, 6.45) is 0. The predicted octanol–water partition coefficient (Wildman–Crippen LogP) is 4.39. The number of rotatable bonds is 2. The van der Waals surface area contributed by atoms with Crippen molar-refractivity contribution in [2.24, 2.45) is 0 Å². The number of aromatic nitrogens is 1. The lowest BCUT2D eigenvalue weighted by Crippen LogP contribution is -2.26. The summed E-state index contributed by atoms with van der Waals surface area (Å²) in [5.41, 5.74) is 2.19. The Morgan fingerprint density at radius 2 is 1.80 bits per heavy atom. The molecule has 0 amide bonds. The highest BCUT2D eigenvalue weighted by molar-refractivity contribution is 7.13. The molecule has 0 radical (unpaired) electrons. The van der Waals surface area contributed by atoms with Crippen LogP contribution in [0.15, 0.2) is 42.2 Å². The Morgan fingerprint density at radius 1 is 1.08 bits per heavy atom. The zero-order valence-electron chi connectivity index (χ0n) is 13.9. The summed E-state index contributed by atoms with van der Waals surface area (Å²) in [7, 11) is 0. The molecule has 5 nitrogen and oxygen atoms in total. The van der Waals surface area contributed by atoms with Gasteiger partial charge in [-0.2, -0.15) is 0 Å². The van der Waals surface area contributed by atoms with Gasteiger partial charge in [0.1, 0.15) is 22.4 Å². The van der Waals surface area contributed by atoms with E-state index in [0.29, 0.717) is 10.6 Å². The van der Waals surface area contributed by atoms with Crippen molar-refractivity contribution in [3.8, 4) is 5.75 Å². The van der Waals surface area contributed by atoms with Crippen LogP contribution in [0.5, 0.6) is 5.75 Å². The van der Waals surface area contributed by atoms with Crippen LogP contribution in [-0.2, 0) is 0 Å². The third-order valence-corrected chi connectivity index (χ3v) is 5.60. The first-order valence-corrected chi connectivity index (χ1v) is 8.72. The van der Waals surface area contributed by atoms with Crippen molar-refractivity contribution < 1.29 is 10.2 Å². The zero-order chi connectivity index (χ0) is 17.7. The highest BCUT2D eigenvalue weighted by Gasteiger charge is 2.32. The van der Waals surface area contributed by atoms with Crippen LogP contribution in [0.3, 0.4) is 0 Å². The van der Waals surface area contributed by atoms with Gasteiger partial charge in [-0.1, -0.05) is 24.3 Å². The van der Waals surface area contributed by atoms with Crippen molar-refractivity contribution >= 4 is 39.2 Å². The molecule has 3 aromatic rings. The van der Waals surface area contributed by atoms with Crippen LogP contribution in [0.25, 0.3) is 16.3 Å². The number of aryl methyl sites for hydroxylation is 2. The van der Waals surface area contributed by atoms with Crippen LogP contribution in [0.1, 0.15) is 15.6 Å². The summed E-state index contributed by atoms with van der Waals surface area (Å²) < 4.78 is 0. The molecule has 0 bridgehead atoms. The van der Waals surface area contributed by atoms with Crippen LogP contribution >= 0.6 is 11.3 Å². The van der Waals surface area contributed by atoms with E-state index in [-0.39, 0.29) is 23.9 Å². The van der Waals surface area contributed by atoms with Gasteiger partial charge in [-0.25, -0.2) is 4.98 Å². The Bertz CT molecular complexity index is 1030. The van der Waals surface area contributed by atoms with Crippen molar-refractivity contribution in [3.05, 3.63) is 57.7 Å². The minimum Gasteiger partial charge on any atom is -0.510 e. The molecular weight excluding hydrogens is 334 g/mol. The summed E-state index contributed by atoms with van der Waals surface area (Å²) in [4.78, 5) is 7.32. The highest BCUT2D eigenvalue weighted by atomic mass is 32.1. The second-order valence-corrected chi connectivity index (χ2v) is 7.27. The first-order valence-electron chi connectivity index (χ1n) is 7.91. The van der Waals surface area contributed by atoms with Crippen molar-refractivity contribution in [1.82, 2.24) is 4.98 Å². The fourth-order valence-electron chi connectivity index (χ4n) is 3.10. The van der Waals surface area contributed by atoms with E-state index in [1.54, 1.807) is 17.0 Å². The minimum atomic E-state index is 0.149. The largest absolute Gasteiger partial charge is 0.510 e. The van der Waals surface area contributed by atoms with Gasteiger partial charge in [-0.05, 0) is 26.0 Å². The fourth-order valence-corrected chi connectivity index (χ4v) is 4.08. The molecule has 0 fully saturated rings. The number of aliphatic hydroxyl groups excluding tert-OH is 1. The fraction of sp³-hybridized carbons (Fsp3) is 0.158. The standard InChI is InChI=1S/C19H17N3O2S/c1-10-11(2)25-19(21-10)17-16(24)9-22(18(17)20)14-7-3-6-13-12(14)5-4-8-15(13)23/h3-8,20,23-24H,9H2,1-2H3. The van der Waals surface area contributed by atoms with Gasteiger partial charge in [0.2, 0.25) is 0 Å². The number of nitrogens with zero attached hydrogens (tertiary/aromatic N) is 2. The van der Waals surface area contributed by atoms with Gasteiger partial charge in [-0.15, -0.1) is 11.3 Å². The van der Waals surface area contributed by atoms with Crippen molar-refractivity contribution in [3.63, 3.8) is 0 Å². The van der Waals surface area contributed by atoms with Crippen LogP contribution < -0.4 is 4.90 Å². The van der Waals surface area contributed by atoms with Gasteiger partial charge in [0.15, 0.2) is 0 Å². The summed E-state index contributed by atoms with van der Waals surface area (Å²) in [5.74, 6) is 0.576. The van der Waals surface area contributed by atoms with E-state index in [2.05, 4.69) is 4.98 Å². The molecule has 4 rings (SSSR count). The molecule has 0 unspecified atom stereocenters. The Balaban J connectivity index is 1.80. The number of hydrogen-bond acceptors (Lipinski definition) is 5. The van der Waals surface area contributed by atoms with E-state index in [0.717, 1.165) is 27.0 Å². The molecule has 0 saturated carbocycles. The Labute approximate surface area is 149 Å². The average Bonchev–Trinajstić information content (AvgIpc) is 3.06. The third-order valence-electron chi connectivity index (χ3n) is 4.51. The Kier molecular flexibility index (Phi) is 3.51. The van der Waals surface area contributed by atoms with Gasteiger partial charge in [0, 0.05) is 15.6 Å². The molecule has 0 aliphatic carbocycles. The van der Waals surface area contributed by atoms with E-state index in [4.69, 9.17) is 5.41 Å². The number of anilines is 1. The number of fused-ring (bicyclic) bond motifs is 1. The molecule has 2 heterocycles. The number of hydrogen-bond donors (Lipinski definition) is 3. The first kappa shape index (κ1) is 15.7. The minimum absolute atomic E-state index is 0.149. The van der Waals surface area contributed by atoms with E-state index < -0.39 is 0 Å². The van der Waals surface area contributed by atoms with Gasteiger partial charge < -0.3 is 15.1 Å². The van der Waals surface area contributed by atoms with E-state index in [1.165, 1.54) is 11.3 Å². The number of benzene rings is 2. The number of amidine groups is 1. The van der Waals surface area contributed by atoms with Crippen molar-refractivity contribution in [2.75, 3.05) is 11.4 Å². The Hall–Kier alpha value is -2.86. The molecule has 1 aromatic heterocycles. The topological polar surface area (TPSA) is 80.4 Å². The molecule has 25 heavy (non-hydrogen) atoms. The van der Waals surface area contributed by atoms with E-state index in [9.17, 15) is 10.2 Å². The number of nitrogens with one attached hydrogen (secondary N) is 1. The summed E-state index contributed by atoms with van der Waals surface area (Å²) in [5, 5.41) is 31.4. The zero-order valence-corrected chi connectivity index (χ0v) is 14.7. The van der Waals surface area contributed by atoms with Crippen LogP contribution in [-0.4, -0.2) is 27.6 Å². The SMILES string of the molecule is Cc1nc(C2=C(O)CN(c3cccc4c(O)cccc34)C2=N)sc1C. The molecule has 126 valence electrons. The number of aromatic hydroxyl groups is 1. The molecule has 0 spiro atoms. The summed E-state index contributed by atoms with van der Waals surface area (Å²) in [6.45, 7) is 4.13. The van der Waals surface area contributed by atoms with E-state index >= 15 is 0 Å². The van der Waals surface area contributed by atoms with Crippen LogP contribution in [0.2, 0.25) is 0 Å². The molecular formula is C19H17N3O2S. The molecule has 3 N–H and O–H groups in total. The smallest absolute Gasteiger partial charge is 0.139 e. The lowest BCUT2D eigenvalue weighted by molar-refractivity contribution is 0.411. The lowest BCUT2D eigenvalue weighted by Gasteiger charge is -2.21. The quantitative estimate of drug-likeness (QED) is 0.640. The van der Waals surface area contributed by atoms with Crippen molar-refractivity contribution in [1.29, 1.82) is 5.41 Å². The predicted molar refractivity (Wildman–Crippen MR) is 102 cm³/mol.